The minimum atomic E-state index is -0.737. The highest BCUT2D eigenvalue weighted by atomic mass is 16.3. The largest absolute Gasteiger partial charge is 0.494 e. The molecule has 0 fully saturated rings. The summed E-state index contributed by atoms with van der Waals surface area (Å²) in [5.41, 5.74) is 3.50. The van der Waals surface area contributed by atoms with Crippen molar-refractivity contribution in [3.63, 3.8) is 0 Å². The van der Waals surface area contributed by atoms with Crippen molar-refractivity contribution in [3.05, 3.63) is 26.4 Å². The lowest BCUT2D eigenvalue weighted by Gasteiger charge is -2.09. The Morgan fingerprint density at radius 1 is 1.56 bits per heavy atom. The lowest BCUT2D eigenvalue weighted by Crippen LogP contribution is -2.37. The van der Waals surface area contributed by atoms with Crippen LogP contribution in [0.2, 0.25) is 0 Å². The van der Waals surface area contributed by atoms with Gasteiger partial charge in [-0.1, -0.05) is 0 Å². The maximum atomic E-state index is 11.3. The number of primary amides is 1. The van der Waals surface area contributed by atoms with Crippen LogP contribution >= 0.6 is 0 Å². The third-order valence-electron chi connectivity index (χ3n) is 2.03. The molecule has 88 valence electrons. The van der Waals surface area contributed by atoms with Crippen LogP contribution in [0.25, 0.3) is 0 Å². The van der Waals surface area contributed by atoms with Crippen LogP contribution in [0.15, 0.2) is 9.59 Å². The number of aromatic nitrogens is 2. The number of hydrogen-bond donors (Lipinski definition) is 4. The summed E-state index contributed by atoms with van der Waals surface area (Å²) in [7, 11) is 0. The maximum absolute atomic E-state index is 11.3. The number of aromatic hydroxyl groups is 1. The summed E-state index contributed by atoms with van der Waals surface area (Å²) in [6, 6.07) is -0.728. The highest BCUT2D eigenvalue weighted by molar-refractivity contribution is 5.71. The highest BCUT2D eigenvalue weighted by Gasteiger charge is 2.09. The molecule has 0 atom stereocenters. The van der Waals surface area contributed by atoms with Crippen LogP contribution in [0.1, 0.15) is 5.56 Å². The second-order valence-electron chi connectivity index (χ2n) is 3.15. The van der Waals surface area contributed by atoms with E-state index in [1.165, 1.54) is 6.92 Å². The molecule has 16 heavy (non-hydrogen) atoms. The van der Waals surface area contributed by atoms with Crippen LogP contribution in [0.5, 0.6) is 5.88 Å². The van der Waals surface area contributed by atoms with Crippen molar-refractivity contribution in [3.8, 4) is 5.88 Å². The molecule has 0 bridgehead atoms. The van der Waals surface area contributed by atoms with Crippen molar-refractivity contribution in [1.82, 2.24) is 14.9 Å². The molecule has 0 aliphatic carbocycles. The van der Waals surface area contributed by atoms with Crippen molar-refractivity contribution >= 4 is 6.03 Å². The van der Waals surface area contributed by atoms with E-state index in [1.54, 1.807) is 0 Å². The van der Waals surface area contributed by atoms with Gasteiger partial charge in [0.05, 0.1) is 5.56 Å². The first-order valence-electron chi connectivity index (χ1n) is 4.49. The number of nitrogens with one attached hydrogen (secondary N) is 2. The summed E-state index contributed by atoms with van der Waals surface area (Å²) in [6.45, 7) is 1.48. The van der Waals surface area contributed by atoms with E-state index in [0.29, 0.717) is 0 Å². The number of rotatable bonds is 3. The number of nitrogens with zero attached hydrogens (tertiary/aromatic N) is 1. The zero-order valence-electron chi connectivity index (χ0n) is 8.61. The van der Waals surface area contributed by atoms with Gasteiger partial charge in [-0.2, -0.15) is 0 Å². The quantitative estimate of drug-likeness (QED) is 0.487. The van der Waals surface area contributed by atoms with Crippen LogP contribution in [0.4, 0.5) is 4.79 Å². The SMILES string of the molecule is Cc1c(O)n(CCNC(N)=O)c(=O)[nH]c1=O. The first kappa shape index (κ1) is 11.8. The van der Waals surface area contributed by atoms with Crippen molar-refractivity contribution < 1.29 is 9.90 Å². The lowest BCUT2D eigenvalue weighted by molar-refractivity contribution is 0.248. The molecule has 0 spiro atoms. The fraction of sp³-hybridized carbons (Fsp3) is 0.375. The fourth-order valence-electron chi connectivity index (χ4n) is 1.16. The van der Waals surface area contributed by atoms with Crippen LogP contribution in [0.3, 0.4) is 0 Å². The van der Waals surface area contributed by atoms with Crippen LogP contribution in [-0.4, -0.2) is 27.2 Å². The first-order valence-corrected chi connectivity index (χ1v) is 4.49. The molecule has 0 unspecified atom stereocenters. The predicted octanol–water partition coefficient (Wildman–Crippen LogP) is -1.78. The number of H-pyrrole nitrogens is 1. The normalized spacial score (nSPS) is 10.1. The molecular formula is C8H12N4O4. The summed E-state index contributed by atoms with van der Waals surface area (Å²) in [5, 5.41) is 11.8. The second-order valence-corrected chi connectivity index (χ2v) is 3.15. The monoisotopic (exact) mass is 228 g/mol. The van der Waals surface area contributed by atoms with E-state index >= 15 is 0 Å². The molecule has 1 aromatic heterocycles. The minimum Gasteiger partial charge on any atom is -0.494 e. The van der Waals surface area contributed by atoms with E-state index in [-0.39, 0.29) is 18.7 Å². The standard InChI is InChI=1S/C8H12N4O4/c1-4-5(13)11-8(16)12(6(4)14)3-2-10-7(9)15/h14H,2-3H2,1H3,(H3,9,10,15)(H,11,13,16). The zero-order chi connectivity index (χ0) is 12.3. The molecule has 0 radical (unpaired) electrons. The van der Waals surface area contributed by atoms with Crippen molar-refractivity contribution in [2.75, 3.05) is 6.54 Å². The van der Waals surface area contributed by atoms with Gasteiger partial charge in [-0.15, -0.1) is 0 Å². The molecule has 0 aliphatic rings. The molecule has 1 heterocycles. The second kappa shape index (κ2) is 4.51. The number of amides is 2. The average Bonchev–Trinajstić information content (AvgIpc) is 2.19. The third-order valence-corrected chi connectivity index (χ3v) is 2.03. The molecule has 0 aliphatic heterocycles. The van der Waals surface area contributed by atoms with Crippen LogP contribution < -0.4 is 22.3 Å². The Morgan fingerprint density at radius 3 is 2.75 bits per heavy atom. The van der Waals surface area contributed by atoms with Gasteiger partial charge in [-0.25, -0.2) is 9.59 Å². The average molecular weight is 228 g/mol. The van der Waals surface area contributed by atoms with Gasteiger partial charge in [-0.05, 0) is 6.92 Å². The van der Waals surface area contributed by atoms with Gasteiger partial charge >= 0.3 is 11.7 Å². The van der Waals surface area contributed by atoms with E-state index in [4.69, 9.17) is 5.73 Å². The summed E-state index contributed by atoms with van der Waals surface area (Å²) < 4.78 is 0.937. The summed E-state index contributed by atoms with van der Waals surface area (Å²) in [6.07, 6.45) is 0. The zero-order valence-corrected chi connectivity index (χ0v) is 8.61. The van der Waals surface area contributed by atoms with Gasteiger partial charge < -0.3 is 16.2 Å². The molecule has 0 saturated carbocycles. The molecule has 8 heteroatoms. The highest BCUT2D eigenvalue weighted by Crippen LogP contribution is 2.06. The smallest absolute Gasteiger partial charge is 0.331 e. The van der Waals surface area contributed by atoms with Gasteiger partial charge in [0.15, 0.2) is 0 Å². The Labute approximate surface area is 89.7 Å². The Morgan fingerprint density at radius 2 is 2.19 bits per heavy atom. The van der Waals surface area contributed by atoms with Crippen LogP contribution in [0, 0.1) is 6.92 Å². The van der Waals surface area contributed by atoms with Gasteiger partial charge in [0.25, 0.3) is 5.56 Å². The molecule has 2 amide bonds. The van der Waals surface area contributed by atoms with Crippen molar-refractivity contribution in [2.24, 2.45) is 5.73 Å². The molecule has 1 aromatic rings. The Balaban J connectivity index is 2.97. The van der Waals surface area contributed by atoms with Crippen molar-refractivity contribution in [2.45, 2.75) is 13.5 Å². The fourth-order valence-corrected chi connectivity index (χ4v) is 1.16. The van der Waals surface area contributed by atoms with Gasteiger partial charge in [0.2, 0.25) is 5.88 Å². The first-order chi connectivity index (χ1) is 7.43. The molecule has 0 saturated heterocycles. The van der Waals surface area contributed by atoms with Gasteiger partial charge in [-0.3, -0.25) is 14.3 Å². The molecular weight excluding hydrogens is 216 g/mol. The third kappa shape index (κ3) is 2.41. The topological polar surface area (TPSA) is 130 Å². The van der Waals surface area contributed by atoms with Crippen LogP contribution in [-0.2, 0) is 6.54 Å². The van der Waals surface area contributed by atoms with Crippen molar-refractivity contribution in [1.29, 1.82) is 0 Å². The van der Waals surface area contributed by atoms with Gasteiger partial charge in [0, 0.05) is 13.1 Å². The van der Waals surface area contributed by atoms with E-state index in [0.717, 1.165) is 4.57 Å². The number of hydrogen-bond acceptors (Lipinski definition) is 4. The molecule has 5 N–H and O–H groups in total. The van der Waals surface area contributed by atoms with E-state index in [9.17, 15) is 19.5 Å². The summed E-state index contributed by atoms with van der Waals surface area (Å²) in [4.78, 5) is 34.8. The molecule has 1 rings (SSSR count). The number of aromatic amines is 1. The molecule has 8 nitrogen and oxygen atoms in total. The molecule has 0 aromatic carbocycles. The van der Waals surface area contributed by atoms with E-state index in [1.807, 2.05) is 4.98 Å². The number of nitrogens with two attached hydrogens (primary N) is 1. The summed E-state index contributed by atoms with van der Waals surface area (Å²) in [5.74, 6) is -0.417. The number of carbonyl (C=O) groups is 1. The Bertz CT molecular complexity index is 516. The van der Waals surface area contributed by atoms with Gasteiger partial charge in [0.1, 0.15) is 0 Å². The number of carbonyl (C=O) groups excluding carboxylic acids is 1. The lowest BCUT2D eigenvalue weighted by atomic mass is 10.3. The van der Waals surface area contributed by atoms with E-state index in [2.05, 4.69) is 5.32 Å². The maximum Gasteiger partial charge on any atom is 0.331 e. The predicted molar refractivity (Wildman–Crippen MR) is 55.3 cm³/mol. The Hall–Kier alpha value is -2.25. The summed E-state index contributed by atoms with van der Waals surface area (Å²) >= 11 is 0. The number of urea groups is 1. The minimum absolute atomic E-state index is 0.0191. The van der Waals surface area contributed by atoms with E-state index < -0.39 is 23.2 Å². The Kier molecular flexibility index (Phi) is 3.33.